The molecule has 0 aliphatic carbocycles. The van der Waals surface area contributed by atoms with Gasteiger partial charge in [0.2, 0.25) is 11.9 Å². The van der Waals surface area contributed by atoms with Crippen LogP contribution in [-0.2, 0) is 6.54 Å². The number of methoxy groups -OCH3 is 1. The molecule has 0 atom stereocenters. The van der Waals surface area contributed by atoms with Crippen molar-refractivity contribution in [1.29, 1.82) is 0 Å². The minimum absolute atomic E-state index is 0.190. The highest BCUT2D eigenvalue weighted by Gasteiger charge is 2.19. The van der Waals surface area contributed by atoms with E-state index in [9.17, 15) is 0 Å². The zero-order valence-electron chi connectivity index (χ0n) is 18.5. The molecule has 1 aromatic heterocycles. The van der Waals surface area contributed by atoms with E-state index in [4.69, 9.17) is 19.9 Å². The van der Waals surface area contributed by atoms with Gasteiger partial charge in [-0.3, -0.25) is 4.90 Å². The Kier molecular flexibility index (Phi) is 5.99. The van der Waals surface area contributed by atoms with E-state index in [-0.39, 0.29) is 5.95 Å². The first-order chi connectivity index (χ1) is 16.2. The van der Waals surface area contributed by atoms with Gasteiger partial charge in [-0.25, -0.2) is 0 Å². The number of nitrogens with two attached hydrogens (primary N) is 1. The minimum Gasteiger partial charge on any atom is -0.497 e. The molecule has 2 aromatic carbocycles. The summed E-state index contributed by atoms with van der Waals surface area (Å²) in [4.78, 5) is 17.8. The van der Waals surface area contributed by atoms with Crippen molar-refractivity contribution < 1.29 is 14.2 Å². The second-order valence-corrected chi connectivity index (χ2v) is 7.88. The normalized spacial score (nSPS) is 15.8. The lowest BCUT2D eigenvalue weighted by Crippen LogP contribution is -2.46. The Morgan fingerprint density at radius 1 is 0.970 bits per heavy atom. The average molecular weight is 450 g/mol. The lowest BCUT2D eigenvalue weighted by molar-refractivity contribution is 0.171. The van der Waals surface area contributed by atoms with E-state index in [1.54, 1.807) is 7.11 Å². The van der Waals surface area contributed by atoms with Gasteiger partial charge < -0.3 is 30.2 Å². The summed E-state index contributed by atoms with van der Waals surface area (Å²) < 4.78 is 16.6. The molecule has 0 unspecified atom stereocenters. The maximum Gasteiger partial charge on any atom is 0.232 e. The number of fused-ring (bicyclic) bond motifs is 1. The second kappa shape index (κ2) is 9.37. The fourth-order valence-corrected chi connectivity index (χ4v) is 3.99. The Morgan fingerprint density at radius 2 is 1.79 bits per heavy atom. The molecular weight excluding hydrogens is 422 g/mol. The van der Waals surface area contributed by atoms with Gasteiger partial charge in [0, 0.05) is 49.7 Å². The molecule has 3 N–H and O–H groups in total. The molecule has 0 saturated carbocycles. The van der Waals surface area contributed by atoms with Crippen molar-refractivity contribution in [3.63, 3.8) is 0 Å². The second-order valence-electron chi connectivity index (χ2n) is 7.88. The Bertz CT molecular complexity index is 1120. The van der Waals surface area contributed by atoms with Gasteiger partial charge in [0.25, 0.3) is 0 Å². The van der Waals surface area contributed by atoms with Crippen LogP contribution in [0.2, 0.25) is 0 Å². The first-order valence-corrected chi connectivity index (χ1v) is 10.9. The van der Waals surface area contributed by atoms with E-state index >= 15 is 0 Å². The summed E-state index contributed by atoms with van der Waals surface area (Å²) in [5, 5.41) is 3.20. The van der Waals surface area contributed by atoms with Crippen LogP contribution >= 0.6 is 0 Å². The van der Waals surface area contributed by atoms with Crippen LogP contribution in [-0.4, -0.2) is 66.4 Å². The summed E-state index contributed by atoms with van der Waals surface area (Å²) in [5.74, 6) is 3.53. The van der Waals surface area contributed by atoms with Crippen molar-refractivity contribution in [3.05, 3.63) is 48.3 Å². The number of anilines is 4. The van der Waals surface area contributed by atoms with Gasteiger partial charge in [-0.15, -0.1) is 0 Å². The van der Waals surface area contributed by atoms with Gasteiger partial charge >= 0.3 is 0 Å². The molecule has 5 rings (SSSR count). The van der Waals surface area contributed by atoms with E-state index in [2.05, 4.69) is 42.2 Å². The molecule has 33 heavy (non-hydrogen) atoms. The number of rotatable bonds is 6. The molecule has 10 nitrogen and oxygen atoms in total. The summed E-state index contributed by atoms with van der Waals surface area (Å²) in [6.07, 6.45) is 0. The molecule has 3 heterocycles. The van der Waals surface area contributed by atoms with E-state index in [1.165, 1.54) is 5.69 Å². The molecule has 2 aliphatic rings. The molecule has 172 valence electrons. The topological polar surface area (TPSA) is 111 Å². The van der Waals surface area contributed by atoms with Crippen LogP contribution in [0.25, 0.3) is 0 Å². The maximum absolute atomic E-state index is 5.97. The van der Waals surface area contributed by atoms with Gasteiger partial charge in [0.1, 0.15) is 24.8 Å². The van der Waals surface area contributed by atoms with Crippen molar-refractivity contribution >= 4 is 23.3 Å². The van der Waals surface area contributed by atoms with Crippen molar-refractivity contribution in [2.75, 3.05) is 62.5 Å². The highest BCUT2D eigenvalue weighted by Crippen LogP contribution is 2.33. The maximum atomic E-state index is 5.97. The standard InChI is InChI=1S/C23H27N7O3/c1-31-18-4-2-3-17(14-18)30-9-7-29(8-10-30)15-21-26-22(24)28-23(27-21)25-16-5-6-19-20(13-16)33-12-11-32-19/h2-6,13-14H,7-12,15H2,1H3,(H3,24,25,26,27,28). The van der Waals surface area contributed by atoms with Crippen LogP contribution in [0.3, 0.4) is 0 Å². The van der Waals surface area contributed by atoms with E-state index in [0.717, 1.165) is 43.4 Å². The highest BCUT2D eigenvalue weighted by molar-refractivity contribution is 5.60. The Balaban J connectivity index is 1.22. The number of hydrogen-bond donors (Lipinski definition) is 2. The molecule has 3 aromatic rings. The first kappa shape index (κ1) is 21.1. The van der Waals surface area contributed by atoms with Crippen LogP contribution in [0.5, 0.6) is 17.2 Å². The molecule has 0 bridgehead atoms. The average Bonchev–Trinajstić information content (AvgIpc) is 2.84. The van der Waals surface area contributed by atoms with Gasteiger partial charge in [-0.2, -0.15) is 15.0 Å². The number of nitrogen functional groups attached to an aromatic ring is 1. The summed E-state index contributed by atoms with van der Waals surface area (Å²) in [7, 11) is 1.69. The summed E-state index contributed by atoms with van der Waals surface area (Å²) in [6, 6.07) is 13.8. The number of ether oxygens (including phenoxy) is 3. The molecule has 2 aliphatic heterocycles. The zero-order chi connectivity index (χ0) is 22.6. The lowest BCUT2D eigenvalue weighted by Gasteiger charge is -2.35. The summed E-state index contributed by atoms with van der Waals surface area (Å²) in [6.45, 7) is 5.31. The van der Waals surface area contributed by atoms with Crippen molar-refractivity contribution in [2.45, 2.75) is 6.54 Å². The first-order valence-electron chi connectivity index (χ1n) is 10.9. The molecule has 0 amide bonds. The van der Waals surface area contributed by atoms with Crippen molar-refractivity contribution in [1.82, 2.24) is 19.9 Å². The molecule has 0 radical (unpaired) electrons. The largest absolute Gasteiger partial charge is 0.497 e. The minimum atomic E-state index is 0.190. The zero-order valence-corrected chi connectivity index (χ0v) is 18.5. The van der Waals surface area contributed by atoms with Crippen LogP contribution in [0.15, 0.2) is 42.5 Å². The van der Waals surface area contributed by atoms with E-state index < -0.39 is 0 Å². The third-order valence-electron chi connectivity index (χ3n) is 5.65. The van der Waals surface area contributed by atoms with E-state index in [0.29, 0.717) is 37.3 Å². The highest BCUT2D eigenvalue weighted by atomic mass is 16.6. The van der Waals surface area contributed by atoms with Crippen molar-refractivity contribution in [2.24, 2.45) is 0 Å². The number of benzene rings is 2. The van der Waals surface area contributed by atoms with Gasteiger partial charge in [0.05, 0.1) is 13.7 Å². The molecule has 1 saturated heterocycles. The fourth-order valence-electron chi connectivity index (χ4n) is 3.99. The fraction of sp³-hybridized carbons (Fsp3) is 0.348. The van der Waals surface area contributed by atoms with Gasteiger partial charge in [-0.1, -0.05) is 6.07 Å². The van der Waals surface area contributed by atoms with E-state index in [1.807, 2.05) is 30.3 Å². The summed E-state index contributed by atoms with van der Waals surface area (Å²) in [5.41, 5.74) is 7.93. The molecule has 1 fully saturated rings. The number of hydrogen-bond acceptors (Lipinski definition) is 10. The number of nitrogens with one attached hydrogen (secondary N) is 1. The van der Waals surface area contributed by atoms with Gasteiger partial charge in [0.15, 0.2) is 11.5 Å². The smallest absolute Gasteiger partial charge is 0.232 e. The van der Waals surface area contributed by atoms with Crippen LogP contribution in [0.1, 0.15) is 5.82 Å². The lowest BCUT2D eigenvalue weighted by atomic mass is 10.2. The molecule has 0 spiro atoms. The number of piperazine rings is 1. The predicted molar refractivity (Wildman–Crippen MR) is 125 cm³/mol. The number of nitrogens with zero attached hydrogens (tertiary/aromatic N) is 5. The van der Waals surface area contributed by atoms with Crippen LogP contribution in [0.4, 0.5) is 23.3 Å². The van der Waals surface area contributed by atoms with Gasteiger partial charge in [-0.05, 0) is 24.3 Å². The predicted octanol–water partition coefficient (Wildman–Crippen LogP) is 2.30. The molecular formula is C23H27N7O3. The third kappa shape index (κ3) is 5.01. The van der Waals surface area contributed by atoms with Crippen LogP contribution < -0.4 is 30.2 Å². The monoisotopic (exact) mass is 449 g/mol. The van der Waals surface area contributed by atoms with Crippen LogP contribution in [0, 0.1) is 0 Å². The Hall–Kier alpha value is -3.79. The Labute approximate surface area is 192 Å². The third-order valence-corrected chi connectivity index (χ3v) is 5.65. The SMILES string of the molecule is COc1cccc(N2CCN(Cc3nc(N)nc(Nc4ccc5c(c4)OCCO5)n3)CC2)c1. The Morgan fingerprint density at radius 3 is 2.61 bits per heavy atom. The summed E-state index contributed by atoms with van der Waals surface area (Å²) >= 11 is 0. The number of aromatic nitrogens is 3. The quantitative estimate of drug-likeness (QED) is 0.581. The molecule has 10 heteroatoms. The van der Waals surface area contributed by atoms with Crippen molar-refractivity contribution in [3.8, 4) is 17.2 Å².